The Morgan fingerprint density at radius 3 is 2.70 bits per heavy atom. The zero-order chi connectivity index (χ0) is 14.1. The molecule has 0 spiro atoms. The average molecular weight is 287 g/mol. The second-order valence-corrected chi connectivity index (χ2v) is 7.65. The third kappa shape index (κ3) is 2.91. The lowest BCUT2D eigenvalue weighted by Gasteiger charge is -2.34. The SMILES string of the molecule is CC(NC1CCC(C)C(C)C1)c1cc2ccccc2s1. The topological polar surface area (TPSA) is 12.0 Å². The van der Waals surface area contributed by atoms with E-state index in [2.05, 4.69) is 56.4 Å². The Hall–Kier alpha value is -0.860. The molecule has 0 saturated heterocycles. The summed E-state index contributed by atoms with van der Waals surface area (Å²) in [6.07, 6.45) is 4.04. The fourth-order valence-electron chi connectivity index (χ4n) is 3.35. The number of rotatable bonds is 3. The van der Waals surface area contributed by atoms with E-state index in [4.69, 9.17) is 0 Å². The number of fused-ring (bicyclic) bond motifs is 1. The first-order valence-electron chi connectivity index (χ1n) is 7.88. The predicted molar refractivity (Wildman–Crippen MR) is 89.3 cm³/mol. The van der Waals surface area contributed by atoms with Crippen LogP contribution >= 0.6 is 11.3 Å². The number of hydrogen-bond acceptors (Lipinski definition) is 2. The van der Waals surface area contributed by atoms with Gasteiger partial charge in [-0.15, -0.1) is 11.3 Å². The number of nitrogens with one attached hydrogen (secondary N) is 1. The molecule has 108 valence electrons. The molecule has 1 aliphatic carbocycles. The maximum Gasteiger partial charge on any atom is 0.0388 e. The average Bonchev–Trinajstić information content (AvgIpc) is 2.87. The number of thiophene rings is 1. The molecule has 0 bridgehead atoms. The Labute approximate surface area is 126 Å². The van der Waals surface area contributed by atoms with Crippen molar-refractivity contribution in [2.45, 2.75) is 52.1 Å². The molecule has 0 radical (unpaired) electrons. The van der Waals surface area contributed by atoms with Crippen molar-refractivity contribution in [1.29, 1.82) is 0 Å². The third-order valence-corrected chi connectivity index (χ3v) is 6.25. The maximum atomic E-state index is 3.86. The highest BCUT2D eigenvalue weighted by Gasteiger charge is 2.25. The molecule has 2 aromatic rings. The highest BCUT2D eigenvalue weighted by molar-refractivity contribution is 7.19. The molecule has 1 aromatic heterocycles. The quantitative estimate of drug-likeness (QED) is 0.799. The van der Waals surface area contributed by atoms with Gasteiger partial charge < -0.3 is 5.32 Å². The fraction of sp³-hybridized carbons (Fsp3) is 0.556. The molecule has 4 atom stereocenters. The van der Waals surface area contributed by atoms with Gasteiger partial charge in [0.25, 0.3) is 0 Å². The first-order valence-corrected chi connectivity index (χ1v) is 8.69. The molecule has 1 heterocycles. The van der Waals surface area contributed by atoms with E-state index >= 15 is 0 Å². The van der Waals surface area contributed by atoms with Crippen molar-refractivity contribution in [1.82, 2.24) is 5.32 Å². The van der Waals surface area contributed by atoms with Gasteiger partial charge in [-0.1, -0.05) is 32.0 Å². The Balaban J connectivity index is 1.68. The van der Waals surface area contributed by atoms with Crippen molar-refractivity contribution in [3.63, 3.8) is 0 Å². The molecular formula is C18H25NS. The van der Waals surface area contributed by atoms with Crippen LogP contribution in [0.5, 0.6) is 0 Å². The van der Waals surface area contributed by atoms with Crippen molar-refractivity contribution in [3.8, 4) is 0 Å². The minimum atomic E-state index is 0.470. The summed E-state index contributed by atoms with van der Waals surface area (Å²) in [5.41, 5.74) is 0. The summed E-state index contributed by atoms with van der Waals surface area (Å²) in [5, 5.41) is 5.24. The van der Waals surface area contributed by atoms with Gasteiger partial charge in [0.1, 0.15) is 0 Å². The molecule has 1 N–H and O–H groups in total. The molecule has 0 amide bonds. The van der Waals surface area contributed by atoms with Crippen LogP contribution in [0.25, 0.3) is 10.1 Å². The second kappa shape index (κ2) is 5.87. The van der Waals surface area contributed by atoms with E-state index in [0.717, 1.165) is 11.8 Å². The van der Waals surface area contributed by atoms with Crippen LogP contribution in [0.1, 0.15) is 51.0 Å². The van der Waals surface area contributed by atoms with Gasteiger partial charge in [0.05, 0.1) is 0 Å². The van der Waals surface area contributed by atoms with Crippen LogP contribution < -0.4 is 5.32 Å². The Bertz CT molecular complexity index is 541. The molecule has 2 heteroatoms. The summed E-state index contributed by atoms with van der Waals surface area (Å²) in [6.45, 7) is 7.12. The number of hydrogen-bond donors (Lipinski definition) is 1. The Kier molecular flexibility index (Phi) is 4.13. The molecular weight excluding hydrogens is 262 g/mol. The minimum absolute atomic E-state index is 0.470. The summed E-state index contributed by atoms with van der Waals surface area (Å²) < 4.78 is 1.40. The molecule has 4 unspecified atom stereocenters. The Morgan fingerprint density at radius 1 is 1.15 bits per heavy atom. The van der Waals surface area contributed by atoms with E-state index in [9.17, 15) is 0 Å². The lowest BCUT2D eigenvalue weighted by molar-refractivity contribution is 0.218. The van der Waals surface area contributed by atoms with Gasteiger partial charge in [-0.2, -0.15) is 0 Å². The molecule has 1 fully saturated rings. The summed E-state index contributed by atoms with van der Waals surface area (Å²) in [6, 6.07) is 12.2. The summed E-state index contributed by atoms with van der Waals surface area (Å²) in [5.74, 6) is 1.75. The zero-order valence-electron chi connectivity index (χ0n) is 12.7. The van der Waals surface area contributed by atoms with Crippen LogP contribution in [0.2, 0.25) is 0 Å². The summed E-state index contributed by atoms with van der Waals surface area (Å²) in [7, 11) is 0. The lowest BCUT2D eigenvalue weighted by atomic mass is 9.79. The third-order valence-electron chi connectivity index (χ3n) is 4.96. The van der Waals surface area contributed by atoms with Crippen molar-refractivity contribution in [3.05, 3.63) is 35.2 Å². The molecule has 1 aromatic carbocycles. The fourth-order valence-corrected chi connectivity index (χ4v) is 4.43. The van der Waals surface area contributed by atoms with Gasteiger partial charge in [0.15, 0.2) is 0 Å². The highest BCUT2D eigenvalue weighted by atomic mass is 32.1. The van der Waals surface area contributed by atoms with Crippen molar-refractivity contribution in [2.75, 3.05) is 0 Å². The van der Waals surface area contributed by atoms with Gasteiger partial charge >= 0.3 is 0 Å². The monoisotopic (exact) mass is 287 g/mol. The van der Waals surface area contributed by atoms with Crippen molar-refractivity contribution in [2.24, 2.45) is 11.8 Å². The first-order chi connectivity index (χ1) is 9.63. The van der Waals surface area contributed by atoms with Crippen LogP contribution in [0.15, 0.2) is 30.3 Å². The van der Waals surface area contributed by atoms with E-state index in [0.29, 0.717) is 12.1 Å². The van der Waals surface area contributed by atoms with Gasteiger partial charge in [-0.3, -0.25) is 0 Å². The van der Waals surface area contributed by atoms with Crippen LogP contribution in [0.3, 0.4) is 0 Å². The standard InChI is InChI=1S/C18H25NS/c1-12-8-9-16(10-13(12)2)19-14(3)18-11-15-6-4-5-7-17(15)20-18/h4-7,11-14,16,19H,8-10H2,1-3H3. The maximum absolute atomic E-state index is 3.86. The molecule has 0 aliphatic heterocycles. The largest absolute Gasteiger partial charge is 0.307 e. The number of benzene rings is 1. The lowest BCUT2D eigenvalue weighted by Crippen LogP contribution is -2.37. The van der Waals surface area contributed by atoms with Crippen molar-refractivity contribution < 1.29 is 0 Å². The highest BCUT2D eigenvalue weighted by Crippen LogP contribution is 2.33. The first kappa shape index (κ1) is 14.1. The van der Waals surface area contributed by atoms with Crippen LogP contribution in [-0.4, -0.2) is 6.04 Å². The minimum Gasteiger partial charge on any atom is -0.307 e. The Morgan fingerprint density at radius 2 is 1.95 bits per heavy atom. The van der Waals surface area contributed by atoms with Gasteiger partial charge in [0.2, 0.25) is 0 Å². The van der Waals surface area contributed by atoms with Gasteiger partial charge in [-0.05, 0) is 55.5 Å². The molecule has 20 heavy (non-hydrogen) atoms. The summed E-state index contributed by atoms with van der Waals surface area (Å²) >= 11 is 1.93. The normalized spacial score (nSPS) is 28.6. The summed E-state index contributed by atoms with van der Waals surface area (Å²) in [4.78, 5) is 1.47. The van der Waals surface area contributed by atoms with Gasteiger partial charge in [0, 0.05) is 21.7 Å². The van der Waals surface area contributed by atoms with E-state index in [1.165, 1.54) is 34.2 Å². The smallest absolute Gasteiger partial charge is 0.0388 e. The zero-order valence-corrected chi connectivity index (χ0v) is 13.5. The predicted octanol–water partition coefficient (Wildman–Crippen LogP) is 5.38. The van der Waals surface area contributed by atoms with E-state index in [-0.39, 0.29) is 0 Å². The molecule has 1 aliphatic rings. The molecule has 1 nitrogen and oxygen atoms in total. The van der Waals surface area contributed by atoms with E-state index < -0.39 is 0 Å². The van der Waals surface area contributed by atoms with Crippen LogP contribution in [-0.2, 0) is 0 Å². The molecule has 1 saturated carbocycles. The van der Waals surface area contributed by atoms with Crippen LogP contribution in [0.4, 0.5) is 0 Å². The van der Waals surface area contributed by atoms with Gasteiger partial charge in [-0.25, -0.2) is 0 Å². The van der Waals surface area contributed by atoms with E-state index in [1.807, 2.05) is 11.3 Å². The van der Waals surface area contributed by atoms with E-state index in [1.54, 1.807) is 0 Å². The van der Waals surface area contributed by atoms with Crippen molar-refractivity contribution >= 4 is 21.4 Å². The molecule has 3 rings (SSSR count). The van der Waals surface area contributed by atoms with Crippen LogP contribution in [0, 0.1) is 11.8 Å². The second-order valence-electron chi connectivity index (χ2n) is 6.54.